The van der Waals surface area contributed by atoms with Gasteiger partial charge in [0.15, 0.2) is 5.78 Å². The molecule has 0 aromatic heterocycles. The summed E-state index contributed by atoms with van der Waals surface area (Å²) in [5.41, 5.74) is 2.24. The van der Waals surface area contributed by atoms with Gasteiger partial charge in [-0.3, -0.25) is 4.79 Å². The van der Waals surface area contributed by atoms with Gasteiger partial charge in [0.05, 0.1) is 7.11 Å². The summed E-state index contributed by atoms with van der Waals surface area (Å²) in [5, 5.41) is 0. The van der Waals surface area contributed by atoms with Crippen molar-refractivity contribution >= 4 is 11.9 Å². The van der Waals surface area contributed by atoms with E-state index in [1.807, 2.05) is 18.2 Å². The topological polar surface area (TPSA) is 26.3 Å². The van der Waals surface area contributed by atoms with E-state index >= 15 is 0 Å². The maximum absolute atomic E-state index is 10.9. The van der Waals surface area contributed by atoms with Crippen molar-refractivity contribution in [3.63, 3.8) is 0 Å². The van der Waals surface area contributed by atoms with Gasteiger partial charge in [-0.2, -0.15) is 0 Å². The molecule has 2 heteroatoms. The molecule has 0 amide bonds. The van der Waals surface area contributed by atoms with Crippen LogP contribution < -0.4 is 4.74 Å². The molecule has 0 aliphatic heterocycles. The zero-order valence-corrected chi connectivity index (χ0v) is 12.4. The largest absolute Gasteiger partial charge is 0.496 e. The highest BCUT2D eigenvalue weighted by Gasteiger charge is 2.04. The highest BCUT2D eigenvalue weighted by Crippen LogP contribution is 2.23. The van der Waals surface area contributed by atoms with E-state index in [4.69, 9.17) is 4.74 Å². The van der Waals surface area contributed by atoms with Gasteiger partial charge in [-0.15, -0.1) is 0 Å². The highest BCUT2D eigenvalue weighted by molar-refractivity contribution is 5.91. The van der Waals surface area contributed by atoms with Crippen LogP contribution in [0.1, 0.15) is 44.7 Å². The number of hydrogen-bond acceptors (Lipinski definition) is 2. The molecule has 0 bridgehead atoms. The molecule has 0 N–H and O–H groups in total. The lowest BCUT2D eigenvalue weighted by Crippen LogP contribution is -1.95. The molecular weight excluding hydrogens is 236 g/mol. The van der Waals surface area contributed by atoms with Gasteiger partial charge in [0, 0.05) is 0 Å². The first-order valence-electron chi connectivity index (χ1n) is 6.88. The van der Waals surface area contributed by atoms with Crippen molar-refractivity contribution in [3.05, 3.63) is 35.4 Å². The molecule has 0 fully saturated rings. The van der Waals surface area contributed by atoms with Crippen molar-refractivity contribution in [1.29, 1.82) is 0 Å². The van der Waals surface area contributed by atoms with Crippen molar-refractivity contribution in [2.75, 3.05) is 7.11 Å². The van der Waals surface area contributed by atoms with Crippen LogP contribution in [0.4, 0.5) is 0 Å². The van der Waals surface area contributed by atoms with Gasteiger partial charge >= 0.3 is 0 Å². The maximum Gasteiger partial charge on any atom is 0.152 e. The fourth-order valence-corrected chi connectivity index (χ4v) is 1.99. The van der Waals surface area contributed by atoms with E-state index in [0.29, 0.717) is 0 Å². The molecule has 0 aliphatic rings. The fraction of sp³-hybridized carbons (Fsp3) is 0.471. The van der Waals surface area contributed by atoms with E-state index in [1.165, 1.54) is 18.4 Å². The summed E-state index contributed by atoms with van der Waals surface area (Å²) in [4.78, 5) is 10.9. The second-order valence-corrected chi connectivity index (χ2v) is 5.30. The molecule has 0 radical (unpaired) electrons. The third-order valence-corrected chi connectivity index (χ3v) is 3.05. The van der Waals surface area contributed by atoms with Gasteiger partial charge in [0.2, 0.25) is 0 Å². The zero-order chi connectivity index (χ0) is 14.3. The van der Waals surface area contributed by atoms with Gasteiger partial charge in [0.25, 0.3) is 0 Å². The predicted molar refractivity (Wildman–Crippen MR) is 80.5 cm³/mol. The fourth-order valence-electron chi connectivity index (χ4n) is 1.99. The Balaban J connectivity index is 2.75. The summed E-state index contributed by atoms with van der Waals surface area (Å²) in [5.74, 6) is 1.71. The van der Waals surface area contributed by atoms with Gasteiger partial charge in [-0.05, 0) is 49.0 Å². The number of benzene rings is 1. The van der Waals surface area contributed by atoms with Crippen LogP contribution in [0.3, 0.4) is 0 Å². The molecule has 0 unspecified atom stereocenters. The maximum atomic E-state index is 10.9. The van der Waals surface area contributed by atoms with E-state index < -0.39 is 0 Å². The first kappa shape index (κ1) is 15.5. The van der Waals surface area contributed by atoms with Gasteiger partial charge in [0.1, 0.15) is 5.75 Å². The molecule has 0 atom stereocenters. The van der Waals surface area contributed by atoms with E-state index in [9.17, 15) is 4.79 Å². The number of hydrogen-bond donors (Lipinski definition) is 0. The van der Waals surface area contributed by atoms with Crippen LogP contribution >= 0.6 is 0 Å². The van der Waals surface area contributed by atoms with Gasteiger partial charge < -0.3 is 4.74 Å². The lowest BCUT2D eigenvalue weighted by atomic mass is 10.0. The van der Waals surface area contributed by atoms with Crippen molar-refractivity contribution in [2.45, 2.75) is 40.0 Å². The van der Waals surface area contributed by atoms with E-state index in [1.54, 1.807) is 20.1 Å². The van der Waals surface area contributed by atoms with Crippen LogP contribution in [-0.4, -0.2) is 12.9 Å². The molecule has 19 heavy (non-hydrogen) atoms. The number of ketones is 1. The number of carbonyl (C=O) groups is 1. The predicted octanol–water partition coefficient (Wildman–Crippen LogP) is 4.28. The molecule has 0 saturated carbocycles. The van der Waals surface area contributed by atoms with Crippen LogP contribution in [0, 0.1) is 5.92 Å². The molecule has 104 valence electrons. The first-order valence-corrected chi connectivity index (χ1v) is 6.88. The van der Waals surface area contributed by atoms with Gasteiger partial charge in [-0.25, -0.2) is 0 Å². The number of methoxy groups -OCH3 is 1. The standard InChI is InChI=1S/C17H24O2/c1-13(2)6-5-7-16-11-10-15(9-8-14(3)18)12-17(16)19-4/h8-13H,5-7H2,1-4H3/b9-8+. The molecule has 1 aromatic rings. The lowest BCUT2D eigenvalue weighted by molar-refractivity contribution is -0.112. The summed E-state index contributed by atoms with van der Waals surface area (Å²) in [6.45, 7) is 6.04. The average molecular weight is 260 g/mol. The Hall–Kier alpha value is -1.57. The molecule has 0 aliphatic carbocycles. The van der Waals surface area contributed by atoms with Crippen molar-refractivity contribution < 1.29 is 9.53 Å². The number of aryl methyl sites for hydroxylation is 1. The Morgan fingerprint density at radius 3 is 2.68 bits per heavy atom. The van der Waals surface area contributed by atoms with Crippen molar-refractivity contribution in [1.82, 2.24) is 0 Å². The van der Waals surface area contributed by atoms with E-state index in [-0.39, 0.29) is 5.78 Å². The normalized spacial score (nSPS) is 11.2. The Labute approximate surface area is 116 Å². The lowest BCUT2D eigenvalue weighted by Gasteiger charge is -2.10. The third-order valence-electron chi connectivity index (χ3n) is 3.05. The molecule has 1 aromatic carbocycles. The average Bonchev–Trinajstić information content (AvgIpc) is 2.36. The smallest absolute Gasteiger partial charge is 0.152 e. The minimum absolute atomic E-state index is 0.0555. The Bertz CT molecular complexity index is 445. The third kappa shape index (κ3) is 5.73. The Morgan fingerprint density at radius 2 is 2.11 bits per heavy atom. The summed E-state index contributed by atoms with van der Waals surface area (Å²) in [6.07, 6.45) is 6.85. The molecule has 0 heterocycles. The highest BCUT2D eigenvalue weighted by atomic mass is 16.5. The van der Waals surface area contributed by atoms with Crippen LogP contribution in [0.5, 0.6) is 5.75 Å². The second-order valence-electron chi connectivity index (χ2n) is 5.30. The minimum Gasteiger partial charge on any atom is -0.496 e. The summed E-state index contributed by atoms with van der Waals surface area (Å²) < 4.78 is 5.43. The summed E-state index contributed by atoms with van der Waals surface area (Å²) in [7, 11) is 1.69. The van der Waals surface area contributed by atoms with Crippen LogP contribution in [0.25, 0.3) is 6.08 Å². The molecule has 0 spiro atoms. The number of rotatable bonds is 7. The van der Waals surface area contributed by atoms with Gasteiger partial charge in [-0.1, -0.05) is 38.5 Å². The number of ether oxygens (including phenoxy) is 1. The quantitative estimate of drug-likeness (QED) is 0.684. The van der Waals surface area contributed by atoms with E-state index in [0.717, 1.165) is 23.7 Å². The Kier molecular flexibility index (Phi) is 6.34. The van der Waals surface area contributed by atoms with Crippen LogP contribution in [0.2, 0.25) is 0 Å². The SMILES string of the molecule is COc1cc(/C=C/C(C)=O)ccc1CCCC(C)C. The summed E-state index contributed by atoms with van der Waals surface area (Å²) in [6, 6.07) is 6.12. The van der Waals surface area contributed by atoms with Crippen LogP contribution in [-0.2, 0) is 11.2 Å². The van der Waals surface area contributed by atoms with Crippen molar-refractivity contribution in [2.24, 2.45) is 5.92 Å². The monoisotopic (exact) mass is 260 g/mol. The summed E-state index contributed by atoms with van der Waals surface area (Å²) >= 11 is 0. The molecular formula is C17H24O2. The van der Waals surface area contributed by atoms with Crippen LogP contribution in [0.15, 0.2) is 24.3 Å². The van der Waals surface area contributed by atoms with E-state index in [2.05, 4.69) is 19.9 Å². The molecule has 1 rings (SSSR count). The number of carbonyl (C=O) groups excluding carboxylic acids is 1. The first-order chi connectivity index (χ1) is 9.02. The zero-order valence-electron chi connectivity index (χ0n) is 12.4. The number of allylic oxidation sites excluding steroid dienone is 1. The molecule has 2 nitrogen and oxygen atoms in total. The van der Waals surface area contributed by atoms with Crippen molar-refractivity contribution in [3.8, 4) is 5.75 Å². The Morgan fingerprint density at radius 1 is 1.37 bits per heavy atom. The second kappa shape index (κ2) is 7.78. The molecule has 0 saturated heterocycles. The minimum atomic E-state index is 0.0555.